The van der Waals surface area contributed by atoms with Gasteiger partial charge in [0.25, 0.3) is 0 Å². The number of hydrogen-bond donors (Lipinski definition) is 0. The van der Waals surface area contributed by atoms with Crippen LogP contribution in [0.1, 0.15) is 179 Å². The Balaban J connectivity index is 1.15. The molecule has 17 heteroatoms. The number of carbonyl (C=O) groups is 2. The van der Waals surface area contributed by atoms with Crippen molar-refractivity contribution in [1.82, 2.24) is 0 Å². The Hall–Kier alpha value is -2.01. The van der Waals surface area contributed by atoms with E-state index < -0.39 is 85.8 Å². The van der Waals surface area contributed by atoms with E-state index in [9.17, 15) is 9.59 Å². The van der Waals surface area contributed by atoms with Crippen LogP contribution < -0.4 is 4.74 Å². The molecule has 3 aliphatic heterocycles. The van der Waals surface area contributed by atoms with Gasteiger partial charge in [0.05, 0.1) is 51.3 Å². The number of esters is 2. The van der Waals surface area contributed by atoms with Gasteiger partial charge in [-0.3, -0.25) is 4.79 Å². The lowest BCUT2D eigenvalue weighted by atomic mass is 9.47. The fraction of sp³-hybridized carbons (Fsp3) is 0.853. The molecular formula is C68H116O14Si3. The van der Waals surface area contributed by atoms with Gasteiger partial charge in [-0.05, 0) is 170 Å². The van der Waals surface area contributed by atoms with Crippen LogP contribution in [-0.4, -0.2) is 132 Å². The molecule has 8 rings (SSSR count). The highest BCUT2D eigenvalue weighted by molar-refractivity contribution is 6.75. The second-order valence-electron chi connectivity index (χ2n) is 32.6. The molecule has 0 N–H and O–H groups in total. The Morgan fingerprint density at radius 2 is 1.27 bits per heavy atom. The van der Waals surface area contributed by atoms with Gasteiger partial charge in [0.15, 0.2) is 55.5 Å². The molecule has 0 radical (unpaired) electrons. The second-order valence-corrected chi connectivity index (χ2v) is 46.9. The Kier molecular flexibility index (Phi) is 20.7. The first-order chi connectivity index (χ1) is 39.3. The molecule has 3 saturated heterocycles. The molecular weight excluding hydrogens is 1120 g/mol. The van der Waals surface area contributed by atoms with Gasteiger partial charge in [-0.15, -0.1) is 0 Å². The molecule has 85 heavy (non-hydrogen) atoms. The number of fused-ring (bicyclic) bond motifs is 5. The van der Waals surface area contributed by atoms with Crippen molar-refractivity contribution in [2.24, 2.45) is 52.3 Å². The molecule has 6 fully saturated rings. The number of ether oxygens (including phenoxy) is 9. The Bertz CT molecular complexity index is 2470. The van der Waals surface area contributed by atoms with Crippen LogP contribution in [0.5, 0.6) is 5.75 Å². The van der Waals surface area contributed by atoms with Crippen LogP contribution in [0.3, 0.4) is 0 Å². The standard InChI is InChI=1S/C68H116O14Si3/c1-42(2)30-35-68(74-36-37-75-68)44(4)55-53(39-52-50-29-26-47-38-49(80-83(18,19)63(6,7)8)31-33-66(47,15)51(50)32-34-67(52,55)16)77-61-58(76-45(5)69)56(43(3)40-72-61)79-62-59(78-60(70)46-24-27-48(71-17)28-25-46)57(82-85(22,23)65(12,13)14)54(41-73-62)81-84(20,21)64(9,10)11/h24-28,42-44,49-59,61-62H,29-41H2,1-23H3/t43?,44-,49-,50+,51-,52-,53-,54?,55-,56?,57?,58?,59?,61?,62?,66-,67-/m0/s1. The van der Waals surface area contributed by atoms with Crippen molar-refractivity contribution in [3.05, 3.63) is 41.5 Å². The predicted molar refractivity (Wildman–Crippen MR) is 341 cm³/mol. The molecule has 3 heterocycles. The molecule has 7 aliphatic rings. The van der Waals surface area contributed by atoms with Crippen LogP contribution in [0.2, 0.25) is 54.4 Å². The van der Waals surface area contributed by atoms with Crippen molar-refractivity contribution < 1.29 is 65.5 Å². The molecule has 1 aromatic carbocycles. The van der Waals surface area contributed by atoms with Crippen LogP contribution in [0.25, 0.3) is 0 Å². The van der Waals surface area contributed by atoms with E-state index in [-0.39, 0.29) is 69.1 Å². The van der Waals surface area contributed by atoms with Gasteiger partial charge in [-0.25, -0.2) is 4.79 Å². The quantitative estimate of drug-likeness (QED) is 0.0736. The summed E-state index contributed by atoms with van der Waals surface area (Å²) in [6, 6.07) is 6.87. The molecule has 1 aromatic rings. The number of carbonyl (C=O) groups excluding carboxylic acids is 2. The first kappa shape index (κ1) is 68.9. The van der Waals surface area contributed by atoms with Gasteiger partial charge in [-0.1, -0.05) is 116 Å². The smallest absolute Gasteiger partial charge is 0.338 e. The summed E-state index contributed by atoms with van der Waals surface area (Å²) in [5.41, 5.74) is 1.93. The van der Waals surface area contributed by atoms with E-state index >= 15 is 0 Å². The van der Waals surface area contributed by atoms with Gasteiger partial charge < -0.3 is 55.9 Å². The van der Waals surface area contributed by atoms with Crippen LogP contribution in [-0.2, 0) is 56.0 Å². The minimum Gasteiger partial charge on any atom is -0.497 e. The van der Waals surface area contributed by atoms with Crippen molar-refractivity contribution in [3.8, 4) is 5.75 Å². The number of benzene rings is 1. The maximum Gasteiger partial charge on any atom is 0.338 e. The fourth-order valence-electron chi connectivity index (χ4n) is 15.4. The zero-order chi connectivity index (χ0) is 62.8. The zero-order valence-corrected chi connectivity index (χ0v) is 60.0. The summed E-state index contributed by atoms with van der Waals surface area (Å²) in [6.45, 7) is 50.9. The van der Waals surface area contributed by atoms with E-state index in [2.05, 4.69) is 142 Å². The molecule has 484 valence electrons. The normalized spacial score (nSPS) is 36.0. The van der Waals surface area contributed by atoms with Crippen molar-refractivity contribution in [3.63, 3.8) is 0 Å². The predicted octanol–water partition coefficient (Wildman–Crippen LogP) is 15.4. The highest BCUT2D eigenvalue weighted by atomic mass is 28.4. The first-order valence-electron chi connectivity index (χ1n) is 32.9. The number of allylic oxidation sites excluding steroid dienone is 1. The average Bonchev–Trinajstić information content (AvgIpc) is 2.12. The number of hydrogen-bond acceptors (Lipinski definition) is 14. The molecule has 0 aromatic heterocycles. The van der Waals surface area contributed by atoms with E-state index in [4.69, 9.17) is 55.9 Å². The third kappa shape index (κ3) is 14.2. The molecule has 3 saturated carbocycles. The molecule has 0 spiro atoms. The van der Waals surface area contributed by atoms with Crippen molar-refractivity contribution in [2.45, 2.75) is 284 Å². The second kappa shape index (κ2) is 25.6. The molecule has 4 aliphatic carbocycles. The summed E-state index contributed by atoms with van der Waals surface area (Å²) in [7, 11) is -5.45. The zero-order valence-electron chi connectivity index (χ0n) is 57.0. The van der Waals surface area contributed by atoms with Crippen molar-refractivity contribution in [2.75, 3.05) is 33.5 Å². The Morgan fingerprint density at radius 3 is 1.86 bits per heavy atom. The maximum absolute atomic E-state index is 14.6. The van der Waals surface area contributed by atoms with Crippen LogP contribution >= 0.6 is 0 Å². The molecule has 0 bridgehead atoms. The number of rotatable bonds is 19. The van der Waals surface area contributed by atoms with Gasteiger partial charge >= 0.3 is 11.9 Å². The highest BCUT2D eigenvalue weighted by Gasteiger charge is 2.66. The topological polar surface area (TPSA) is 145 Å². The largest absolute Gasteiger partial charge is 0.497 e. The molecule has 14 nitrogen and oxygen atoms in total. The Labute approximate surface area is 517 Å². The van der Waals surface area contributed by atoms with E-state index in [0.717, 1.165) is 57.8 Å². The van der Waals surface area contributed by atoms with Gasteiger partial charge in [0.1, 0.15) is 18.0 Å². The average molecular weight is 1240 g/mol. The van der Waals surface area contributed by atoms with Crippen LogP contribution in [0.4, 0.5) is 0 Å². The van der Waals surface area contributed by atoms with Crippen LogP contribution in [0.15, 0.2) is 35.9 Å². The summed E-state index contributed by atoms with van der Waals surface area (Å²) in [5, 5.41) is -0.195. The Morgan fingerprint density at radius 1 is 0.694 bits per heavy atom. The number of methoxy groups -OCH3 is 1. The molecule has 0 amide bonds. The van der Waals surface area contributed by atoms with E-state index in [1.807, 2.05) is 6.92 Å². The monoisotopic (exact) mass is 1240 g/mol. The van der Waals surface area contributed by atoms with Crippen LogP contribution in [0, 0.1) is 52.3 Å². The third-order valence-corrected chi connectivity index (χ3v) is 37.0. The lowest BCUT2D eigenvalue weighted by Crippen LogP contribution is -2.65. The van der Waals surface area contributed by atoms with Gasteiger partial charge in [0.2, 0.25) is 0 Å². The van der Waals surface area contributed by atoms with Gasteiger partial charge in [-0.2, -0.15) is 0 Å². The fourth-order valence-corrected chi connectivity index (χ4v) is 19.4. The lowest BCUT2D eigenvalue weighted by molar-refractivity contribution is -0.333. The molecule has 17 atom stereocenters. The van der Waals surface area contributed by atoms with Crippen molar-refractivity contribution in [1.29, 1.82) is 0 Å². The van der Waals surface area contributed by atoms with Gasteiger partial charge in [0, 0.05) is 31.3 Å². The summed E-state index contributed by atoms with van der Waals surface area (Å²) in [4.78, 5) is 28.3. The summed E-state index contributed by atoms with van der Waals surface area (Å²) in [6.07, 6.45) is 5.27. The third-order valence-electron chi connectivity index (χ3n) is 23.5. The summed E-state index contributed by atoms with van der Waals surface area (Å²) in [5.74, 6) is 0.296. The minimum absolute atomic E-state index is 0.0189. The molecule has 8 unspecified atom stereocenters. The maximum atomic E-state index is 14.6. The van der Waals surface area contributed by atoms with E-state index in [1.54, 1.807) is 36.9 Å². The van der Waals surface area contributed by atoms with Crippen molar-refractivity contribution >= 4 is 36.9 Å². The highest BCUT2D eigenvalue weighted by Crippen LogP contribution is 2.69. The summed E-state index contributed by atoms with van der Waals surface area (Å²) >= 11 is 0. The SMILES string of the molecule is COc1ccc(C(=O)OC2C(OC3C(C)COC(O[C@H]4C[C@H]5[C@@H]6CC=C7C[C@@H](O[Si](C)(C)C(C)(C)C)CC[C@]7(C)[C@H]6CC[C@]5(C)[C@H]4[C@H](C)C4(CCC(C)C)OCCO4)C3OC(C)=O)OCC(O[Si](C)(C)C(C)(C)C)C2O[Si](C)(C)C(C)(C)C)cc1. The van der Waals surface area contributed by atoms with E-state index in [0.29, 0.717) is 48.2 Å². The lowest BCUT2D eigenvalue weighted by Gasteiger charge is -2.59. The van der Waals surface area contributed by atoms with E-state index in [1.165, 1.54) is 6.92 Å². The minimum atomic E-state index is -2.62. The first-order valence-corrected chi connectivity index (χ1v) is 41.6. The summed E-state index contributed by atoms with van der Waals surface area (Å²) < 4.78 is 82.9.